The van der Waals surface area contributed by atoms with E-state index in [-0.39, 0.29) is 30.8 Å². The number of piperidine rings is 1. The van der Waals surface area contributed by atoms with Crippen LogP contribution in [0.1, 0.15) is 33.6 Å². The van der Waals surface area contributed by atoms with E-state index in [0.29, 0.717) is 19.4 Å². The van der Waals surface area contributed by atoms with Gasteiger partial charge in [0.2, 0.25) is 5.91 Å². The summed E-state index contributed by atoms with van der Waals surface area (Å²) in [6.45, 7) is 6.89. The highest BCUT2D eigenvalue weighted by molar-refractivity contribution is 7.86. The molecule has 0 radical (unpaired) electrons. The molecule has 5 N–H and O–H groups in total. The summed E-state index contributed by atoms with van der Waals surface area (Å²) in [7, 11) is -3.65. The molecule has 8 heteroatoms. The molecule has 0 aromatic heterocycles. The lowest BCUT2D eigenvalue weighted by Crippen LogP contribution is -2.57. The number of carbonyl (C=O) groups is 1. The Bertz CT molecular complexity index is 444. The monoisotopic (exact) mass is 306 g/mol. The molecule has 7 nitrogen and oxygen atoms in total. The molecular weight excluding hydrogens is 280 g/mol. The van der Waals surface area contributed by atoms with Crippen LogP contribution in [-0.4, -0.2) is 43.8 Å². The number of rotatable bonds is 5. The van der Waals surface area contributed by atoms with Crippen LogP contribution in [0.5, 0.6) is 0 Å². The summed E-state index contributed by atoms with van der Waals surface area (Å²) < 4.78 is 23.6. The van der Waals surface area contributed by atoms with Crippen molar-refractivity contribution in [1.82, 2.24) is 9.62 Å². The van der Waals surface area contributed by atoms with E-state index in [1.165, 1.54) is 4.31 Å². The standard InChI is InChI=1S/C12H26N4O3S/c1-9(2)12(3,8-13)15-11(17)10-4-6-16(7-5-10)20(14,18)19/h9-10H,4-8,13H2,1-3H3,(H,15,17)(H2,14,18,19). The third-order valence-corrected chi connectivity index (χ3v) is 5.38. The minimum atomic E-state index is -3.65. The van der Waals surface area contributed by atoms with Crippen LogP contribution in [0.3, 0.4) is 0 Å². The van der Waals surface area contributed by atoms with Crippen LogP contribution in [0.4, 0.5) is 0 Å². The molecule has 0 aliphatic carbocycles. The van der Waals surface area contributed by atoms with Gasteiger partial charge in [0.05, 0.1) is 5.54 Å². The molecular formula is C12H26N4O3S. The summed E-state index contributed by atoms with van der Waals surface area (Å²) >= 11 is 0. The Morgan fingerprint density at radius 3 is 2.25 bits per heavy atom. The van der Waals surface area contributed by atoms with E-state index in [1.54, 1.807) is 0 Å². The lowest BCUT2D eigenvalue weighted by molar-refractivity contribution is -0.128. The molecule has 1 aliphatic heterocycles. The van der Waals surface area contributed by atoms with E-state index in [2.05, 4.69) is 5.32 Å². The van der Waals surface area contributed by atoms with Crippen LogP contribution in [0, 0.1) is 11.8 Å². The van der Waals surface area contributed by atoms with E-state index in [0.717, 1.165) is 0 Å². The maximum atomic E-state index is 12.3. The van der Waals surface area contributed by atoms with Gasteiger partial charge in [-0.2, -0.15) is 12.7 Å². The average molecular weight is 306 g/mol. The maximum Gasteiger partial charge on any atom is 0.276 e. The zero-order valence-electron chi connectivity index (χ0n) is 12.4. The summed E-state index contributed by atoms with van der Waals surface area (Å²) in [5.74, 6) is -0.0145. The number of amides is 1. The first-order chi connectivity index (χ1) is 9.10. The zero-order valence-corrected chi connectivity index (χ0v) is 13.2. The Labute approximate surface area is 121 Å². The van der Waals surface area contributed by atoms with Crippen molar-refractivity contribution >= 4 is 16.1 Å². The fraction of sp³-hybridized carbons (Fsp3) is 0.917. The molecule has 0 spiro atoms. The van der Waals surface area contributed by atoms with Crippen molar-refractivity contribution in [3.05, 3.63) is 0 Å². The summed E-state index contributed by atoms with van der Waals surface area (Å²) in [6, 6.07) is 0. The van der Waals surface area contributed by atoms with Gasteiger partial charge in [0.1, 0.15) is 0 Å². The Balaban J connectivity index is 2.60. The van der Waals surface area contributed by atoms with Gasteiger partial charge in [0, 0.05) is 25.6 Å². The number of carbonyl (C=O) groups excluding carboxylic acids is 1. The first-order valence-corrected chi connectivity index (χ1v) is 8.40. The molecule has 1 atom stereocenters. The normalized spacial score (nSPS) is 21.7. The molecule has 0 saturated carbocycles. The molecule has 118 valence electrons. The van der Waals surface area contributed by atoms with Gasteiger partial charge >= 0.3 is 0 Å². The van der Waals surface area contributed by atoms with Gasteiger partial charge in [-0.05, 0) is 25.7 Å². The number of nitrogens with two attached hydrogens (primary N) is 2. The molecule has 20 heavy (non-hydrogen) atoms. The molecule has 0 aromatic carbocycles. The van der Waals surface area contributed by atoms with Crippen molar-refractivity contribution in [2.75, 3.05) is 19.6 Å². The molecule has 1 rings (SSSR count). The van der Waals surface area contributed by atoms with Crippen molar-refractivity contribution in [3.63, 3.8) is 0 Å². The number of hydrogen-bond acceptors (Lipinski definition) is 4. The third kappa shape index (κ3) is 4.15. The topological polar surface area (TPSA) is 119 Å². The highest BCUT2D eigenvalue weighted by Crippen LogP contribution is 2.21. The Hall–Kier alpha value is -0.700. The minimum absolute atomic E-state index is 0.0549. The van der Waals surface area contributed by atoms with E-state index in [1.807, 2.05) is 20.8 Å². The van der Waals surface area contributed by atoms with E-state index in [9.17, 15) is 13.2 Å². The number of hydrogen-bond donors (Lipinski definition) is 3. The van der Waals surface area contributed by atoms with Crippen LogP contribution >= 0.6 is 0 Å². The second-order valence-electron chi connectivity index (χ2n) is 5.98. The van der Waals surface area contributed by atoms with Gasteiger partial charge in [-0.25, -0.2) is 5.14 Å². The first kappa shape index (κ1) is 17.4. The van der Waals surface area contributed by atoms with Crippen LogP contribution in [0.25, 0.3) is 0 Å². The van der Waals surface area contributed by atoms with Gasteiger partial charge < -0.3 is 11.1 Å². The summed E-state index contributed by atoms with van der Waals surface area (Å²) in [6.07, 6.45) is 0.974. The van der Waals surface area contributed by atoms with E-state index < -0.39 is 15.7 Å². The summed E-state index contributed by atoms with van der Waals surface area (Å²) in [4.78, 5) is 12.3. The van der Waals surface area contributed by atoms with Gasteiger partial charge in [-0.3, -0.25) is 4.79 Å². The molecule has 1 heterocycles. The number of nitrogens with one attached hydrogen (secondary N) is 1. The smallest absolute Gasteiger partial charge is 0.276 e. The fourth-order valence-corrected chi connectivity index (χ4v) is 2.91. The Kier molecular flexibility index (Phi) is 5.54. The van der Waals surface area contributed by atoms with Gasteiger partial charge in [0.15, 0.2) is 0 Å². The van der Waals surface area contributed by atoms with Crippen LogP contribution in [0.2, 0.25) is 0 Å². The van der Waals surface area contributed by atoms with Crippen molar-refractivity contribution in [1.29, 1.82) is 0 Å². The van der Waals surface area contributed by atoms with E-state index >= 15 is 0 Å². The highest BCUT2D eigenvalue weighted by atomic mass is 32.2. The van der Waals surface area contributed by atoms with E-state index in [4.69, 9.17) is 10.9 Å². The van der Waals surface area contributed by atoms with Crippen molar-refractivity contribution in [2.24, 2.45) is 22.7 Å². The quantitative estimate of drug-likeness (QED) is 0.628. The van der Waals surface area contributed by atoms with Gasteiger partial charge in [-0.1, -0.05) is 13.8 Å². The van der Waals surface area contributed by atoms with Crippen LogP contribution in [0.15, 0.2) is 0 Å². The molecule has 1 unspecified atom stereocenters. The second kappa shape index (κ2) is 6.38. The fourth-order valence-electron chi connectivity index (χ4n) is 2.19. The largest absolute Gasteiger partial charge is 0.349 e. The Morgan fingerprint density at radius 2 is 1.90 bits per heavy atom. The van der Waals surface area contributed by atoms with Crippen molar-refractivity contribution < 1.29 is 13.2 Å². The van der Waals surface area contributed by atoms with Crippen LogP contribution in [-0.2, 0) is 15.0 Å². The zero-order chi connectivity index (χ0) is 15.6. The first-order valence-electron chi connectivity index (χ1n) is 6.90. The minimum Gasteiger partial charge on any atom is -0.349 e. The SMILES string of the molecule is CC(C)C(C)(CN)NC(=O)C1CCN(S(N)(=O)=O)CC1. The van der Waals surface area contributed by atoms with Crippen molar-refractivity contribution in [2.45, 2.75) is 39.2 Å². The van der Waals surface area contributed by atoms with Gasteiger partial charge in [0.25, 0.3) is 10.2 Å². The molecule has 1 aliphatic rings. The van der Waals surface area contributed by atoms with Crippen LogP contribution < -0.4 is 16.2 Å². The van der Waals surface area contributed by atoms with Gasteiger partial charge in [-0.15, -0.1) is 0 Å². The lowest BCUT2D eigenvalue weighted by Gasteiger charge is -2.36. The molecule has 1 saturated heterocycles. The molecule has 1 amide bonds. The lowest BCUT2D eigenvalue weighted by atomic mass is 9.87. The predicted octanol–water partition coefficient (Wildman–Crippen LogP) is -0.608. The molecule has 0 aromatic rings. The molecule has 1 fully saturated rings. The Morgan fingerprint density at radius 1 is 1.40 bits per heavy atom. The van der Waals surface area contributed by atoms with Crippen molar-refractivity contribution in [3.8, 4) is 0 Å². The highest BCUT2D eigenvalue weighted by Gasteiger charge is 2.34. The third-order valence-electron chi connectivity index (χ3n) is 4.29. The summed E-state index contributed by atoms with van der Waals surface area (Å²) in [5, 5.41) is 8.08. The maximum absolute atomic E-state index is 12.3. The molecule has 0 bridgehead atoms. The summed E-state index contributed by atoms with van der Waals surface area (Å²) in [5.41, 5.74) is 5.31. The average Bonchev–Trinajstić information content (AvgIpc) is 2.37. The predicted molar refractivity (Wildman–Crippen MR) is 77.8 cm³/mol. The number of nitrogens with zero attached hydrogens (tertiary/aromatic N) is 1. The second-order valence-corrected chi connectivity index (χ2v) is 7.53.